The van der Waals surface area contributed by atoms with Crippen molar-refractivity contribution in [2.75, 3.05) is 20.3 Å². The van der Waals surface area contributed by atoms with E-state index in [1.807, 2.05) is 51.2 Å². The van der Waals surface area contributed by atoms with E-state index in [4.69, 9.17) is 9.57 Å². The number of aromatic nitrogens is 1. The van der Waals surface area contributed by atoms with Crippen molar-refractivity contribution in [2.24, 2.45) is 11.8 Å². The summed E-state index contributed by atoms with van der Waals surface area (Å²) in [5.41, 5.74) is 1.64. The van der Waals surface area contributed by atoms with Crippen molar-refractivity contribution in [1.82, 2.24) is 20.3 Å². The van der Waals surface area contributed by atoms with Gasteiger partial charge in [0.05, 0.1) is 18.2 Å². The number of ketones is 1. The number of rotatable bonds is 14. The van der Waals surface area contributed by atoms with E-state index in [1.165, 1.54) is 0 Å². The Kier molecular flexibility index (Phi) is 13.9. The standard InChI is InChI=1S/C37H54N4O7/c1-5-7-21-48-33(43)19-10-8-9-15-26-23-32(42)31-18-13-14-20-40(31)37(46)34(25(3)6-2)39-36(45)29(38-35(26)44)22-27-24-41(47-4)30-17-12-11-16-28(27)30/h11-12,16-17,24-26,29,31,34H,5-10,13-15,18-23H2,1-4H3,(H,38,44)(H,39,45)/t25?,26-,29+,31-,34+/m1/s1. The summed E-state index contributed by atoms with van der Waals surface area (Å²) in [7, 11) is 1.56. The van der Waals surface area contributed by atoms with Crippen LogP contribution < -0.4 is 15.5 Å². The Bertz CT molecular complexity index is 1420. The molecule has 0 radical (unpaired) electrons. The molecule has 2 aliphatic rings. The molecule has 11 heteroatoms. The summed E-state index contributed by atoms with van der Waals surface area (Å²) in [5.74, 6) is -2.20. The number of piperidine rings is 1. The predicted molar refractivity (Wildman–Crippen MR) is 183 cm³/mol. The summed E-state index contributed by atoms with van der Waals surface area (Å²) >= 11 is 0. The lowest BCUT2D eigenvalue weighted by Gasteiger charge is -2.39. The van der Waals surface area contributed by atoms with Gasteiger partial charge in [-0.15, -0.1) is 0 Å². The highest BCUT2D eigenvalue weighted by Gasteiger charge is 2.41. The van der Waals surface area contributed by atoms with Gasteiger partial charge < -0.3 is 25.1 Å². The van der Waals surface area contributed by atoms with Crippen LogP contribution in [0.25, 0.3) is 10.9 Å². The Morgan fingerprint density at radius 1 is 1.00 bits per heavy atom. The smallest absolute Gasteiger partial charge is 0.305 e. The Balaban J connectivity index is 1.59. The first-order valence-corrected chi connectivity index (χ1v) is 17.9. The van der Waals surface area contributed by atoms with E-state index < -0.39 is 30.0 Å². The predicted octanol–water partition coefficient (Wildman–Crippen LogP) is 4.52. The summed E-state index contributed by atoms with van der Waals surface area (Å²) in [6.45, 7) is 6.82. The average Bonchev–Trinajstić information content (AvgIpc) is 3.45. The number of carbonyl (C=O) groups excluding carboxylic acids is 5. The van der Waals surface area contributed by atoms with Crippen LogP contribution in [-0.4, -0.2) is 77.5 Å². The van der Waals surface area contributed by atoms with Crippen LogP contribution in [-0.2, 0) is 35.1 Å². The lowest BCUT2D eigenvalue weighted by atomic mass is 9.87. The summed E-state index contributed by atoms with van der Waals surface area (Å²) in [6, 6.07) is 5.25. The molecule has 0 bridgehead atoms. The molecule has 2 fully saturated rings. The molecule has 3 heterocycles. The van der Waals surface area contributed by atoms with Gasteiger partial charge >= 0.3 is 5.97 Å². The van der Waals surface area contributed by atoms with E-state index >= 15 is 0 Å². The van der Waals surface area contributed by atoms with Crippen molar-refractivity contribution in [1.29, 1.82) is 0 Å². The van der Waals surface area contributed by atoms with Crippen LogP contribution >= 0.6 is 0 Å². The number of ether oxygens (including phenoxy) is 1. The molecule has 0 aliphatic carbocycles. The zero-order chi connectivity index (χ0) is 34.6. The van der Waals surface area contributed by atoms with Crippen molar-refractivity contribution in [3.05, 3.63) is 36.0 Å². The van der Waals surface area contributed by atoms with Gasteiger partial charge in [0.15, 0.2) is 5.78 Å². The first-order valence-electron chi connectivity index (χ1n) is 17.9. The molecule has 2 aliphatic heterocycles. The molecule has 0 saturated carbocycles. The molecular formula is C37H54N4O7. The molecule has 2 N–H and O–H groups in total. The number of unbranched alkanes of at least 4 members (excludes halogenated alkanes) is 3. The Labute approximate surface area is 284 Å². The fourth-order valence-corrected chi connectivity index (χ4v) is 6.84. The number of para-hydroxylation sites is 1. The number of hydrogen-bond acceptors (Lipinski definition) is 7. The van der Waals surface area contributed by atoms with E-state index in [0.29, 0.717) is 58.1 Å². The fourth-order valence-electron chi connectivity index (χ4n) is 6.84. The van der Waals surface area contributed by atoms with Gasteiger partial charge in [-0.25, -0.2) is 0 Å². The van der Waals surface area contributed by atoms with Gasteiger partial charge in [-0.2, -0.15) is 4.73 Å². The van der Waals surface area contributed by atoms with Gasteiger partial charge in [-0.1, -0.05) is 64.7 Å². The maximum Gasteiger partial charge on any atom is 0.305 e. The molecule has 48 heavy (non-hydrogen) atoms. The first-order chi connectivity index (χ1) is 23.2. The second-order valence-electron chi connectivity index (χ2n) is 13.4. The lowest BCUT2D eigenvalue weighted by molar-refractivity contribution is -0.147. The summed E-state index contributed by atoms with van der Waals surface area (Å²) in [4.78, 5) is 75.4. The van der Waals surface area contributed by atoms with Crippen molar-refractivity contribution < 1.29 is 33.5 Å². The zero-order valence-electron chi connectivity index (χ0n) is 29.1. The third-order valence-corrected chi connectivity index (χ3v) is 9.96. The van der Waals surface area contributed by atoms with E-state index in [2.05, 4.69) is 10.6 Å². The molecule has 3 amide bonds. The Morgan fingerprint density at radius 2 is 1.79 bits per heavy atom. The number of amides is 3. The maximum absolute atomic E-state index is 14.1. The van der Waals surface area contributed by atoms with Crippen molar-refractivity contribution in [3.63, 3.8) is 0 Å². The fraction of sp³-hybridized carbons (Fsp3) is 0.649. The third kappa shape index (κ3) is 9.38. The van der Waals surface area contributed by atoms with Crippen LogP contribution in [0.1, 0.15) is 103 Å². The molecule has 264 valence electrons. The molecular weight excluding hydrogens is 612 g/mol. The largest absolute Gasteiger partial charge is 0.466 e. The van der Waals surface area contributed by atoms with Crippen LogP contribution in [0.5, 0.6) is 0 Å². The van der Waals surface area contributed by atoms with Crippen LogP contribution in [0.2, 0.25) is 0 Å². The number of Topliss-reactive ketones (excluding diaryl/α,β-unsaturated/α-hetero) is 1. The van der Waals surface area contributed by atoms with Crippen molar-refractivity contribution in [3.8, 4) is 0 Å². The van der Waals surface area contributed by atoms with E-state index in [1.54, 1.807) is 16.7 Å². The van der Waals surface area contributed by atoms with Crippen molar-refractivity contribution in [2.45, 2.75) is 122 Å². The number of carbonyl (C=O) groups is 5. The summed E-state index contributed by atoms with van der Waals surface area (Å²) in [6.07, 6.45) is 9.28. The number of fused-ring (bicyclic) bond motifs is 2. The normalized spacial score (nSPS) is 23.0. The highest BCUT2D eigenvalue weighted by molar-refractivity contribution is 5.98. The van der Waals surface area contributed by atoms with Gasteiger partial charge in [0.25, 0.3) is 0 Å². The minimum atomic E-state index is -0.986. The molecule has 1 unspecified atom stereocenters. The molecule has 0 spiro atoms. The van der Waals surface area contributed by atoms with Crippen LogP contribution in [0.15, 0.2) is 30.5 Å². The SMILES string of the molecule is CCCCOC(=O)CCCCC[C@@H]1CC(=O)[C@H]2CCCCN2C(=O)[C@H](C(C)CC)NC(=O)[C@H](Cc2cn(OC)c3ccccc23)NC1=O. The molecule has 1 aromatic heterocycles. The second kappa shape index (κ2) is 18.0. The number of benzene rings is 1. The van der Waals surface area contributed by atoms with Gasteiger partial charge in [-0.05, 0) is 56.1 Å². The van der Waals surface area contributed by atoms with E-state index in [-0.39, 0.29) is 42.3 Å². The minimum absolute atomic E-state index is 0.00927. The number of hydrogen-bond donors (Lipinski definition) is 2. The minimum Gasteiger partial charge on any atom is -0.466 e. The molecule has 1 aromatic carbocycles. The van der Waals surface area contributed by atoms with E-state index in [0.717, 1.165) is 42.1 Å². The van der Waals surface area contributed by atoms with Crippen molar-refractivity contribution >= 4 is 40.4 Å². The van der Waals surface area contributed by atoms with Crippen LogP contribution in [0.4, 0.5) is 0 Å². The Morgan fingerprint density at radius 3 is 2.54 bits per heavy atom. The van der Waals surface area contributed by atoms with E-state index in [9.17, 15) is 24.0 Å². The summed E-state index contributed by atoms with van der Waals surface area (Å²) < 4.78 is 6.88. The Hall–Kier alpha value is -3.89. The number of esters is 1. The second-order valence-corrected chi connectivity index (χ2v) is 13.4. The number of nitrogens with zero attached hydrogens (tertiary/aromatic N) is 2. The molecule has 2 saturated heterocycles. The molecule has 5 atom stereocenters. The zero-order valence-corrected chi connectivity index (χ0v) is 29.1. The summed E-state index contributed by atoms with van der Waals surface area (Å²) in [5, 5.41) is 6.89. The highest BCUT2D eigenvalue weighted by Crippen LogP contribution is 2.27. The molecule has 11 nitrogen and oxygen atoms in total. The van der Waals surface area contributed by atoms with Crippen LogP contribution in [0, 0.1) is 11.8 Å². The molecule has 4 rings (SSSR count). The van der Waals surface area contributed by atoms with Gasteiger partial charge in [0.1, 0.15) is 19.2 Å². The number of nitrogens with one attached hydrogen (secondary N) is 2. The quantitative estimate of drug-likeness (QED) is 0.224. The third-order valence-electron chi connectivity index (χ3n) is 9.96. The van der Waals surface area contributed by atoms with Gasteiger partial charge in [-0.3, -0.25) is 24.0 Å². The van der Waals surface area contributed by atoms with Crippen LogP contribution in [0.3, 0.4) is 0 Å². The topological polar surface area (TPSA) is 136 Å². The maximum atomic E-state index is 14.1. The lowest BCUT2D eigenvalue weighted by Crippen LogP contribution is -2.61. The van der Waals surface area contributed by atoms with Gasteiger partial charge in [0.2, 0.25) is 17.7 Å². The average molecular weight is 667 g/mol. The monoisotopic (exact) mass is 666 g/mol. The van der Waals surface area contributed by atoms with Gasteiger partial charge in [0, 0.05) is 43.3 Å². The first kappa shape index (κ1) is 36.9. The highest BCUT2D eigenvalue weighted by atomic mass is 16.6. The molecule has 2 aromatic rings.